The smallest absolute Gasteiger partial charge is 0.324 e. The Morgan fingerprint density at radius 3 is 2.52 bits per heavy atom. The molecule has 0 radical (unpaired) electrons. The third-order valence-corrected chi connectivity index (χ3v) is 3.51. The Balaban J connectivity index is 2.30. The molecule has 1 aromatic rings. The van der Waals surface area contributed by atoms with Crippen molar-refractivity contribution in [3.63, 3.8) is 0 Å². The first-order chi connectivity index (χ1) is 9.83. The summed E-state index contributed by atoms with van der Waals surface area (Å²) in [6.45, 7) is 5.78. The molecule has 114 valence electrons. The monoisotopic (exact) mass is 290 g/mol. The quantitative estimate of drug-likeness (QED) is 0.634. The standard InChI is InChI=1S/C17H22O4/c1-16(2,3)21-15(19)17(10-7-11-20-14(17)18)12-13-8-5-4-6-9-13/h4-6,8-9H,7,10-12H2,1-3H3. The van der Waals surface area contributed by atoms with Crippen LogP contribution in [0.3, 0.4) is 0 Å². The lowest BCUT2D eigenvalue weighted by atomic mass is 9.76. The average molecular weight is 290 g/mol. The molecule has 1 saturated heterocycles. The molecule has 1 aromatic carbocycles. The second kappa shape index (κ2) is 5.88. The van der Waals surface area contributed by atoms with Crippen LogP contribution in [0.1, 0.15) is 39.2 Å². The minimum Gasteiger partial charge on any atom is -0.465 e. The van der Waals surface area contributed by atoms with E-state index in [4.69, 9.17) is 9.47 Å². The van der Waals surface area contributed by atoms with E-state index in [1.165, 1.54) is 0 Å². The Labute approximate surface area is 125 Å². The van der Waals surface area contributed by atoms with Crippen molar-refractivity contribution in [2.45, 2.75) is 45.6 Å². The molecule has 1 aliphatic rings. The number of ether oxygens (including phenoxy) is 2. The summed E-state index contributed by atoms with van der Waals surface area (Å²) in [5.74, 6) is -0.949. The zero-order chi connectivity index (χ0) is 15.5. The van der Waals surface area contributed by atoms with Gasteiger partial charge in [0.2, 0.25) is 0 Å². The third-order valence-electron chi connectivity index (χ3n) is 3.51. The lowest BCUT2D eigenvalue weighted by Gasteiger charge is -2.35. The fourth-order valence-corrected chi connectivity index (χ4v) is 2.52. The lowest BCUT2D eigenvalue weighted by molar-refractivity contribution is -0.184. The number of rotatable bonds is 3. The van der Waals surface area contributed by atoms with Crippen LogP contribution >= 0.6 is 0 Å². The number of hydrogen-bond acceptors (Lipinski definition) is 4. The highest BCUT2D eigenvalue weighted by Gasteiger charge is 2.51. The Kier molecular flexibility index (Phi) is 4.35. The van der Waals surface area contributed by atoms with Gasteiger partial charge in [-0.1, -0.05) is 30.3 Å². The highest BCUT2D eigenvalue weighted by atomic mass is 16.6. The number of esters is 2. The van der Waals surface area contributed by atoms with Gasteiger partial charge in [-0.05, 0) is 45.6 Å². The van der Waals surface area contributed by atoms with Crippen LogP contribution in [0.5, 0.6) is 0 Å². The van der Waals surface area contributed by atoms with Gasteiger partial charge < -0.3 is 9.47 Å². The van der Waals surface area contributed by atoms with Crippen molar-refractivity contribution in [1.29, 1.82) is 0 Å². The normalized spacial score (nSPS) is 22.5. The van der Waals surface area contributed by atoms with Gasteiger partial charge in [-0.3, -0.25) is 9.59 Å². The third kappa shape index (κ3) is 3.63. The molecule has 1 aliphatic heterocycles. The van der Waals surface area contributed by atoms with Gasteiger partial charge in [-0.2, -0.15) is 0 Å². The Morgan fingerprint density at radius 1 is 1.29 bits per heavy atom. The van der Waals surface area contributed by atoms with E-state index in [-0.39, 0.29) is 0 Å². The van der Waals surface area contributed by atoms with Crippen LogP contribution in [0.2, 0.25) is 0 Å². The molecule has 0 N–H and O–H groups in total. The Hall–Kier alpha value is -1.84. The van der Waals surface area contributed by atoms with Crippen LogP contribution in [-0.2, 0) is 25.5 Å². The molecule has 2 rings (SSSR count). The van der Waals surface area contributed by atoms with E-state index in [9.17, 15) is 9.59 Å². The van der Waals surface area contributed by atoms with Crippen molar-refractivity contribution >= 4 is 11.9 Å². The van der Waals surface area contributed by atoms with Gasteiger partial charge in [0.25, 0.3) is 0 Å². The van der Waals surface area contributed by atoms with E-state index in [0.29, 0.717) is 25.9 Å². The summed E-state index contributed by atoms with van der Waals surface area (Å²) >= 11 is 0. The molecule has 1 atom stereocenters. The molecule has 1 fully saturated rings. The summed E-state index contributed by atoms with van der Waals surface area (Å²) in [6.07, 6.45) is 1.47. The summed E-state index contributed by atoms with van der Waals surface area (Å²) in [6, 6.07) is 9.52. The highest BCUT2D eigenvalue weighted by molar-refractivity contribution is 6.00. The van der Waals surface area contributed by atoms with Crippen molar-refractivity contribution < 1.29 is 19.1 Å². The van der Waals surface area contributed by atoms with Crippen LogP contribution in [0.15, 0.2) is 30.3 Å². The van der Waals surface area contributed by atoms with E-state index in [1.807, 2.05) is 30.3 Å². The van der Waals surface area contributed by atoms with E-state index < -0.39 is 23.0 Å². The lowest BCUT2D eigenvalue weighted by Crippen LogP contribution is -2.48. The first kappa shape index (κ1) is 15.5. The minimum atomic E-state index is -1.22. The van der Waals surface area contributed by atoms with Gasteiger partial charge in [-0.25, -0.2) is 0 Å². The van der Waals surface area contributed by atoms with Gasteiger partial charge >= 0.3 is 11.9 Å². The highest BCUT2D eigenvalue weighted by Crippen LogP contribution is 2.36. The molecule has 4 nitrogen and oxygen atoms in total. The topological polar surface area (TPSA) is 52.6 Å². The summed E-state index contributed by atoms with van der Waals surface area (Å²) < 4.78 is 10.6. The van der Waals surface area contributed by atoms with Crippen molar-refractivity contribution in [2.75, 3.05) is 6.61 Å². The maximum absolute atomic E-state index is 12.6. The van der Waals surface area contributed by atoms with Gasteiger partial charge in [0.05, 0.1) is 6.61 Å². The van der Waals surface area contributed by atoms with Gasteiger partial charge in [-0.15, -0.1) is 0 Å². The Bertz CT molecular complexity index is 515. The molecule has 0 saturated carbocycles. The van der Waals surface area contributed by atoms with E-state index >= 15 is 0 Å². The second-order valence-corrected chi connectivity index (χ2v) is 6.49. The zero-order valence-electron chi connectivity index (χ0n) is 12.8. The predicted molar refractivity (Wildman–Crippen MR) is 78.6 cm³/mol. The zero-order valence-corrected chi connectivity index (χ0v) is 12.8. The fraction of sp³-hybridized carbons (Fsp3) is 0.529. The van der Waals surface area contributed by atoms with Gasteiger partial charge in [0.1, 0.15) is 5.60 Å². The van der Waals surface area contributed by atoms with Crippen molar-refractivity contribution in [2.24, 2.45) is 5.41 Å². The van der Waals surface area contributed by atoms with E-state index in [1.54, 1.807) is 20.8 Å². The number of hydrogen-bond donors (Lipinski definition) is 0. The predicted octanol–water partition coefficient (Wildman–Crippen LogP) is 2.89. The van der Waals surface area contributed by atoms with Crippen LogP contribution in [0.25, 0.3) is 0 Å². The molecule has 0 spiro atoms. The average Bonchev–Trinajstić information content (AvgIpc) is 2.40. The summed E-state index contributed by atoms with van der Waals surface area (Å²) in [4.78, 5) is 25.0. The number of carbonyl (C=O) groups excluding carboxylic acids is 2. The van der Waals surface area contributed by atoms with E-state index in [0.717, 1.165) is 5.56 Å². The number of carbonyl (C=O) groups is 2. The van der Waals surface area contributed by atoms with Gasteiger partial charge in [0.15, 0.2) is 5.41 Å². The maximum Gasteiger partial charge on any atom is 0.324 e. The van der Waals surface area contributed by atoms with E-state index in [2.05, 4.69) is 0 Å². The SMILES string of the molecule is CC(C)(C)OC(=O)C1(Cc2ccccc2)CCCOC1=O. The summed E-state index contributed by atoms with van der Waals surface area (Å²) in [7, 11) is 0. The fourth-order valence-electron chi connectivity index (χ4n) is 2.52. The van der Waals surface area contributed by atoms with Crippen molar-refractivity contribution in [1.82, 2.24) is 0 Å². The second-order valence-electron chi connectivity index (χ2n) is 6.49. The van der Waals surface area contributed by atoms with Crippen LogP contribution < -0.4 is 0 Å². The first-order valence-corrected chi connectivity index (χ1v) is 7.28. The number of benzene rings is 1. The minimum absolute atomic E-state index is 0.321. The first-order valence-electron chi connectivity index (χ1n) is 7.28. The largest absolute Gasteiger partial charge is 0.465 e. The molecule has 1 heterocycles. The van der Waals surface area contributed by atoms with Crippen LogP contribution in [0.4, 0.5) is 0 Å². The summed E-state index contributed by atoms with van der Waals surface area (Å²) in [5.41, 5.74) is -0.909. The summed E-state index contributed by atoms with van der Waals surface area (Å²) in [5, 5.41) is 0. The number of cyclic esters (lactones) is 1. The van der Waals surface area contributed by atoms with Crippen molar-refractivity contribution in [3.8, 4) is 0 Å². The maximum atomic E-state index is 12.6. The molecular formula is C17H22O4. The molecule has 0 amide bonds. The molecule has 0 aliphatic carbocycles. The molecule has 1 unspecified atom stereocenters. The van der Waals surface area contributed by atoms with Crippen LogP contribution in [0, 0.1) is 5.41 Å². The van der Waals surface area contributed by atoms with Crippen LogP contribution in [-0.4, -0.2) is 24.1 Å². The molecule has 0 bridgehead atoms. The van der Waals surface area contributed by atoms with Crippen molar-refractivity contribution in [3.05, 3.63) is 35.9 Å². The van der Waals surface area contributed by atoms with Gasteiger partial charge in [0, 0.05) is 0 Å². The Morgan fingerprint density at radius 2 is 1.95 bits per heavy atom. The molecule has 0 aromatic heterocycles. The molecule has 21 heavy (non-hydrogen) atoms. The molecular weight excluding hydrogens is 268 g/mol. The molecule has 4 heteroatoms.